The standard InChI is InChI=1S/C17H26O/c1-14-8-10-16(11-9-14)13-17(18)12-15-6-4-2-3-5-7-15/h8-11,15,17-18H,2-7,12-13H2,1H3. The first kappa shape index (κ1) is 13.6. The van der Waals surface area contributed by atoms with Gasteiger partial charge in [-0.3, -0.25) is 0 Å². The maximum absolute atomic E-state index is 10.2. The van der Waals surface area contributed by atoms with Gasteiger partial charge >= 0.3 is 0 Å². The van der Waals surface area contributed by atoms with Crippen molar-refractivity contribution in [2.75, 3.05) is 0 Å². The van der Waals surface area contributed by atoms with Crippen LogP contribution >= 0.6 is 0 Å². The van der Waals surface area contributed by atoms with Crippen molar-refractivity contribution in [2.24, 2.45) is 5.92 Å². The number of aryl methyl sites for hydroxylation is 1. The van der Waals surface area contributed by atoms with Crippen molar-refractivity contribution < 1.29 is 5.11 Å². The van der Waals surface area contributed by atoms with Gasteiger partial charge in [-0.1, -0.05) is 68.4 Å². The van der Waals surface area contributed by atoms with Crippen LogP contribution in [0, 0.1) is 12.8 Å². The number of aliphatic hydroxyl groups excluding tert-OH is 1. The number of rotatable bonds is 4. The van der Waals surface area contributed by atoms with E-state index in [1.54, 1.807) is 0 Å². The summed E-state index contributed by atoms with van der Waals surface area (Å²) in [5.74, 6) is 0.757. The number of hydrogen-bond acceptors (Lipinski definition) is 1. The van der Waals surface area contributed by atoms with E-state index in [0.717, 1.165) is 18.8 Å². The minimum Gasteiger partial charge on any atom is -0.393 e. The molecule has 1 unspecified atom stereocenters. The van der Waals surface area contributed by atoms with Crippen LogP contribution in [0.2, 0.25) is 0 Å². The summed E-state index contributed by atoms with van der Waals surface area (Å²) >= 11 is 0. The van der Waals surface area contributed by atoms with Crippen molar-refractivity contribution in [1.29, 1.82) is 0 Å². The molecule has 1 aromatic carbocycles. The highest BCUT2D eigenvalue weighted by Gasteiger charge is 2.16. The molecule has 1 atom stereocenters. The fourth-order valence-corrected chi connectivity index (χ4v) is 3.06. The van der Waals surface area contributed by atoms with E-state index in [4.69, 9.17) is 0 Å². The second-order valence-corrected chi connectivity index (χ2v) is 5.94. The molecule has 1 N–H and O–H groups in total. The fraction of sp³-hybridized carbons (Fsp3) is 0.647. The van der Waals surface area contributed by atoms with E-state index in [2.05, 4.69) is 31.2 Å². The first-order valence-electron chi connectivity index (χ1n) is 7.47. The molecular formula is C17H26O. The first-order chi connectivity index (χ1) is 8.74. The molecule has 1 fully saturated rings. The van der Waals surface area contributed by atoms with Crippen LogP contribution in [-0.4, -0.2) is 11.2 Å². The monoisotopic (exact) mass is 246 g/mol. The fourth-order valence-electron chi connectivity index (χ4n) is 3.06. The molecular weight excluding hydrogens is 220 g/mol. The Bertz CT molecular complexity index is 333. The molecule has 0 radical (unpaired) electrons. The van der Waals surface area contributed by atoms with E-state index in [1.165, 1.54) is 49.7 Å². The van der Waals surface area contributed by atoms with Gasteiger partial charge < -0.3 is 5.11 Å². The van der Waals surface area contributed by atoms with Gasteiger partial charge in [-0.25, -0.2) is 0 Å². The molecule has 1 aliphatic rings. The van der Waals surface area contributed by atoms with Crippen molar-refractivity contribution in [3.63, 3.8) is 0 Å². The minimum absolute atomic E-state index is 0.157. The van der Waals surface area contributed by atoms with Crippen molar-refractivity contribution >= 4 is 0 Å². The van der Waals surface area contributed by atoms with Gasteiger partial charge in [0.2, 0.25) is 0 Å². The predicted molar refractivity (Wildman–Crippen MR) is 76.7 cm³/mol. The summed E-state index contributed by atoms with van der Waals surface area (Å²) in [5.41, 5.74) is 2.55. The summed E-state index contributed by atoms with van der Waals surface area (Å²) < 4.78 is 0. The molecule has 1 saturated carbocycles. The molecule has 0 saturated heterocycles. The Balaban J connectivity index is 1.80. The SMILES string of the molecule is Cc1ccc(CC(O)CC2CCCCCC2)cc1. The lowest BCUT2D eigenvalue weighted by Crippen LogP contribution is -2.16. The molecule has 1 nitrogen and oxygen atoms in total. The Labute approximate surface area is 111 Å². The van der Waals surface area contributed by atoms with E-state index < -0.39 is 0 Å². The Kier molecular flexibility index (Phi) is 5.25. The van der Waals surface area contributed by atoms with Crippen LogP contribution < -0.4 is 0 Å². The van der Waals surface area contributed by atoms with E-state index in [1.807, 2.05) is 0 Å². The van der Waals surface area contributed by atoms with E-state index in [0.29, 0.717) is 0 Å². The zero-order chi connectivity index (χ0) is 12.8. The Morgan fingerprint density at radius 1 is 1.06 bits per heavy atom. The Morgan fingerprint density at radius 2 is 1.67 bits per heavy atom. The largest absolute Gasteiger partial charge is 0.393 e. The van der Waals surface area contributed by atoms with E-state index >= 15 is 0 Å². The van der Waals surface area contributed by atoms with Crippen LogP contribution in [0.1, 0.15) is 56.1 Å². The topological polar surface area (TPSA) is 20.2 Å². The van der Waals surface area contributed by atoms with Crippen molar-refractivity contribution in [3.8, 4) is 0 Å². The average Bonchev–Trinajstić information content (AvgIpc) is 2.61. The predicted octanol–water partition coefficient (Wildman–Crippen LogP) is 4.26. The molecule has 1 aromatic rings. The van der Waals surface area contributed by atoms with Gasteiger partial charge in [0.05, 0.1) is 6.10 Å². The van der Waals surface area contributed by atoms with Gasteiger partial charge in [-0.2, -0.15) is 0 Å². The highest BCUT2D eigenvalue weighted by atomic mass is 16.3. The zero-order valence-electron chi connectivity index (χ0n) is 11.6. The highest BCUT2D eigenvalue weighted by Crippen LogP contribution is 2.27. The molecule has 0 aromatic heterocycles. The quantitative estimate of drug-likeness (QED) is 0.787. The van der Waals surface area contributed by atoms with E-state index in [9.17, 15) is 5.11 Å². The summed E-state index contributed by atoms with van der Waals surface area (Å²) in [6.45, 7) is 2.10. The molecule has 100 valence electrons. The molecule has 1 aliphatic carbocycles. The van der Waals surface area contributed by atoms with Crippen LogP contribution in [0.4, 0.5) is 0 Å². The summed E-state index contributed by atoms with van der Waals surface area (Å²) in [5, 5.41) is 10.2. The molecule has 2 rings (SSSR count). The highest BCUT2D eigenvalue weighted by molar-refractivity contribution is 5.21. The van der Waals surface area contributed by atoms with Gasteiger partial charge in [-0.15, -0.1) is 0 Å². The maximum atomic E-state index is 10.2. The summed E-state index contributed by atoms with van der Waals surface area (Å²) in [6, 6.07) is 8.55. The zero-order valence-corrected chi connectivity index (χ0v) is 11.6. The number of benzene rings is 1. The second kappa shape index (κ2) is 6.94. The Morgan fingerprint density at radius 3 is 2.28 bits per heavy atom. The second-order valence-electron chi connectivity index (χ2n) is 5.94. The van der Waals surface area contributed by atoms with Crippen molar-refractivity contribution in [2.45, 2.75) is 64.4 Å². The average molecular weight is 246 g/mol. The maximum Gasteiger partial charge on any atom is 0.0583 e. The van der Waals surface area contributed by atoms with Crippen LogP contribution in [0.15, 0.2) is 24.3 Å². The van der Waals surface area contributed by atoms with Crippen LogP contribution in [-0.2, 0) is 6.42 Å². The van der Waals surface area contributed by atoms with E-state index in [-0.39, 0.29) is 6.10 Å². The lowest BCUT2D eigenvalue weighted by molar-refractivity contribution is 0.137. The van der Waals surface area contributed by atoms with Gasteiger partial charge in [0, 0.05) is 0 Å². The molecule has 0 heterocycles. The third-order valence-electron chi connectivity index (χ3n) is 4.17. The Hall–Kier alpha value is -0.820. The summed E-state index contributed by atoms with van der Waals surface area (Å²) in [6.07, 6.45) is 9.82. The minimum atomic E-state index is -0.157. The molecule has 1 heteroatoms. The van der Waals surface area contributed by atoms with Gasteiger partial charge in [-0.05, 0) is 31.2 Å². The number of aliphatic hydroxyl groups is 1. The van der Waals surface area contributed by atoms with Crippen LogP contribution in [0.5, 0.6) is 0 Å². The number of hydrogen-bond donors (Lipinski definition) is 1. The van der Waals surface area contributed by atoms with Crippen LogP contribution in [0.3, 0.4) is 0 Å². The first-order valence-corrected chi connectivity index (χ1v) is 7.47. The molecule has 18 heavy (non-hydrogen) atoms. The molecule has 0 aliphatic heterocycles. The normalized spacial score (nSPS) is 19.4. The van der Waals surface area contributed by atoms with Crippen molar-refractivity contribution in [1.82, 2.24) is 0 Å². The lowest BCUT2D eigenvalue weighted by atomic mass is 9.91. The smallest absolute Gasteiger partial charge is 0.0583 e. The summed E-state index contributed by atoms with van der Waals surface area (Å²) in [7, 11) is 0. The molecule has 0 bridgehead atoms. The van der Waals surface area contributed by atoms with Gasteiger partial charge in [0.25, 0.3) is 0 Å². The lowest BCUT2D eigenvalue weighted by Gasteiger charge is -2.18. The molecule has 0 spiro atoms. The molecule has 0 amide bonds. The van der Waals surface area contributed by atoms with Crippen molar-refractivity contribution in [3.05, 3.63) is 35.4 Å². The summed E-state index contributed by atoms with van der Waals surface area (Å²) in [4.78, 5) is 0. The third kappa shape index (κ3) is 4.45. The van der Waals surface area contributed by atoms with Gasteiger partial charge in [0.15, 0.2) is 0 Å². The third-order valence-corrected chi connectivity index (χ3v) is 4.17. The van der Waals surface area contributed by atoms with Gasteiger partial charge in [0.1, 0.15) is 0 Å². The van der Waals surface area contributed by atoms with Crippen LogP contribution in [0.25, 0.3) is 0 Å².